The summed E-state index contributed by atoms with van der Waals surface area (Å²) in [7, 11) is 0. The molecule has 0 atom stereocenters. The Labute approximate surface area is 141 Å². The van der Waals surface area contributed by atoms with E-state index < -0.39 is 0 Å². The number of benzene rings is 2. The van der Waals surface area contributed by atoms with E-state index in [0.29, 0.717) is 26.1 Å². The number of imidazole rings is 1. The molecule has 1 aromatic heterocycles. The Morgan fingerprint density at radius 3 is 2.83 bits per heavy atom. The highest BCUT2D eigenvalue weighted by Gasteiger charge is 2.10. The Balaban J connectivity index is 1.77. The number of ether oxygens (including phenoxy) is 1. The summed E-state index contributed by atoms with van der Waals surface area (Å²) in [6.07, 6.45) is 0.690. The highest BCUT2D eigenvalue weighted by atomic mass is 16.5. The van der Waals surface area contributed by atoms with Gasteiger partial charge >= 0.3 is 0 Å². The second-order valence-electron chi connectivity index (χ2n) is 5.78. The molecule has 0 saturated heterocycles. The molecule has 0 spiro atoms. The predicted octanol–water partition coefficient (Wildman–Crippen LogP) is 2.98. The summed E-state index contributed by atoms with van der Waals surface area (Å²) >= 11 is 0. The third-order valence-corrected chi connectivity index (χ3v) is 3.98. The first kappa shape index (κ1) is 16.1. The summed E-state index contributed by atoms with van der Waals surface area (Å²) in [5.41, 5.74) is 4.33. The fourth-order valence-corrected chi connectivity index (χ4v) is 2.85. The van der Waals surface area contributed by atoms with Crippen LogP contribution in [0.25, 0.3) is 11.0 Å². The highest BCUT2D eigenvalue weighted by molar-refractivity contribution is 5.75. The summed E-state index contributed by atoms with van der Waals surface area (Å²) in [6, 6.07) is 14.1. The molecule has 24 heavy (non-hydrogen) atoms. The van der Waals surface area contributed by atoms with Gasteiger partial charge in [-0.15, -0.1) is 0 Å². The fraction of sp³-hybridized carbons (Fsp3) is 0.263. The van der Waals surface area contributed by atoms with Gasteiger partial charge in [0, 0.05) is 0 Å². The maximum atomic E-state index is 10.6. The average molecular weight is 323 g/mol. The van der Waals surface area contributed by atoms with Gasteiger partial charge in [0.25, 0.3) is 0 Å². The number of hydrogen-bond donors (Lipinski definition) is 1. The van der Waals surface area contributed by atoms with Crippen LogP contribution in [0.4, 0.5) is 0 Å². The fourth-order valence-electron chi connectivity index (χ4n) is 2.85. The summed E-state index contributed by atoms with van der Waals surface area (Å²) in [4.78, 5) is 15.2. The number of aromatic nitrogens is 2. The molecule has 1 N–H and O–H groups in total. The molecule has 0 radical (unpaired) electrons. The molecule has 0 aliphatic rings. The molecule has 0 aliphatic heterocycles. The van der Waals surface area contributed by atoms with Crippen LogP contribution in [0.2, 0.25) is 0 Å². The molecule has 0 bridgehead atoms. The van der Waals surface area contributed by atoms with E-state index in [1.54, 1.807) is 0 Å². The van der Waals surface area contributed by atoms with Crippen molar-refractivity contribution in [2.24, 2.45) is 0 Å². The second-order valence-corrected chi connectivity index (χ2v) is 5.78. The van der Waals surface area contributed by atoms with Crippen LogP contribution >= 0.6 is 0 Å². The number of nitrogens with one attached hydrogen (secondary N) is 1. The number of rotatable bonds is 7. The van der Waals surface area contributed by atoms with Crippen LogP contribution in [-0.2, 0) is 17.9 Å². The predicted molar refractivity (Wildman–Crippen MR) is 94.0 cm³/mol. The number of fused-ring (bicyclic) bond motifs is 1. The van der Waals surface area contributed by atoms with E-state index in [-0.39, 0.29) is 0 Å². The van der Waals surface area contributed by atoms with Crippen molar-refractivity contribution in [3.8, 4) is 5.75 Å². The van der Waals surface area contributed by atoms with E-state index in [0.717, 1.165) is 28.2 Å². The van der Waals surface area contributed by atoms with Crippen molar-refractivity contribution in [1.29, 1.82) is 0 Å². The molecule has 124 valence electrons. The van der Waals surface area contributed by atoms with E-state index in [1.165, 1.54) is 5.56 Å². The zero-order valence-electron chi connectivity index (χ0n) is 14.0. The summed E-state index contributed by atoms with van der Waals surface area (Å²) in [5, 5.41) is 2.68. The Morgan fingerprint density at radius 2 is 2.04 bits per heavy atom. The minimum absolute atomic E-state index is 0.405. The van der Waals surface area contributed by atoms with E-state index in [4.69, 9.17) is 4.74 Å². The van der Waals surface area contributed by atoms with Gasteiger partial charge in [-0.2, -0.15) is 0 Å². The van der Waals surface area contributed by atoms with Crippen molar-refractivity contribution < 1.29 is 9.53 Å². The van der Waals surface area contributed by atoms with E-state index in [1.807, 2.05) is 43.3 Å². The molecule has 3 rings (SSSR count). The maximum absolute atomic E-state index is 10.6. The van der Waals surface area contributed by atoms with Gasteiger partial charge in [-0.25, -0.2) is 4.98 Å². The number of carbonyl (C=O) groups is 1. The van der Waals surface area contributed by atoms with Gasteiger partial charge in [0.2, 0.25) is 6.41 Å². The first-order valence-electron chi connectivity index (χ1n) is 8.00. The van der Waals surface area contributed by atoms with Gasteiger partial charge in [-0.05, 0) is 37.6 Å². The van der Waals surface area contributed by atoms with E-state index in [9.17, 15) is 4.79 Å². The Bertz CT molecular complexity index is 855. The normalized spacial score (nSPS) is 10.8. The number of para-hydroxylation sites is 2. The zero-order valence-corrected chi connectivity index (χ0v) is 14.0. The Morgan fingerprint density at radius 1 is 1.21 bits per heavy atom. The molecule has 0 fully saturated rings. The molecule has 1 heterocycles. The number of hydrogen-bond acceptors (Lipinski definition) is 3. The van der Waals surface area contributed by atoms with Gasteiger partial charge in [0.15, 0.2) is 0 Å². The molecule has 0 saturated carbocycles. The molecule has 1 amide bonds. The number of carbonyl (C=O) groups excluding carboxylic acids is 1. The van der Waals surface area contributed by atoms with Crippen molar-refractivity contribution in [1.82, 2.24) is 14.9 Å². The maximum Gasteiger partial charge on any atom is 0.207 e. The van der Waals surface area contributed by atoms with Crippen LogP contribution in [0, 0.1) is 13.8 Å². The van der Waals surface area contributed by atoms with Gasteiger partial charge in [-0.1, -0.05) is 29.8 Å². The molecule has 3 aromatic rings. The lowest BCUT2D eigenvalue weighted by atomic mass is 10.1. The van der Waals surface area contributed by atoms with Gasteiger partial charge < -0.3 is 14.6 Å². The smallest absolute Gasteiger partial charge is 0.207 e. The van der Waals surface area contributed by atoms with Crippen molar-refractivity contribution in [2.45, 2.75) is 26.9 Å². The van der Waals surface area contributed by atoms with Gasteiger partial charge in [0.1, 0.15) is 18.2 Å². The topological polar surface area (TPSA) is 56.1 Å². The number of amides is 1. The van der Waals surface area contributed by atoms with Crippen LogP contribution in [-0.4, -0.2) is 22.6 Å². The lowest BCUT2D eigenvalue weighted by Gasteiger charge is -2.12. The first-order chi connectivity index (χ1) is 11.7. The van der Waals surface area contributed by atoms with Gasteiger partial charge in [0.05, 0.1) is 24.1 Å². The zero-order chi connectivity index (χ0) is 16.9. The first-order valence-corrected chi connectivity index (χ1v) is 8.00. The van der Waals surface area contributed by atoms with Gasteiger partial charge in [-0.3, -0.25) is 4.79 Å². The number of nitrogens with zero attached hydrogens (tertiary/aromatic N) is 2. The summed E-state index contributed by atoms with van der Waals surface area (Å²) in [6.45, 7) is 5.74. The van der Waals surface area contributed by atoms with Crippen molar-refractivity contribution in [2.75, 3.05) is 6.61 Å². The van der Waals surface area contributed by atoms with Crippen LogP contribution in [0.3, 0.4) is 0 Å². The quantitative estimate of drug-likeness (QED) is 0.680. The average Bonchev–Trinajstić information content (AvgIpc) is 2.93. The summed E-state index contributed by atoms with van der Waals surface area (Å²) < 4.78 is 8.03. The lowest BCUT2D eigenvalue weighted by Crippen LogP contribution is -2.17. The van der Waals surface area contributed by atoms with Crippen LogP contribution < -0.4 is 10.1 Å². The number of aryl methyl sites for hydroxylation is 2. The third kappa shape index (κ3) is 3.40. The molecule has 0 unspecified atom stereocenters. The lowest BCUT2D eigenvalue weighted by molar-refractivity contribution is -0.109. The van der Waals surface area contributed by atoms with Crippen LogP contribution in [0.1, 0.15) is 17.0 Å². The van der Waals surface area contributed by atoms with Crippen LogP contribution in [0.5, 0.6) is 5.75 Å². The van der Waals surface area contributed by atoms with Crippen molar-refractivity contribution >= 4 is 17.4 Å². The van der Waals surface area contributed by atoms with E-state index in [2.05, 4.69) is 27.9 Å². The Hall–Kier alpha value is -2.82. The summed E-state index contributed by atoms with van der Waals surface area (Å²) in [5.74, 6) is 1.73. The van der Waals surface area contributed by atoms with Crippen LogP contribution in [0.15, 0.2) is 42.5 Å². The molecule has 5 nitrogen and oxygen atoms in total. The minimum atomic E-state index is 0.405. The minimum Gasteiger partial charge on any atom is -0.491 e. The van der Waals surface area contributed by atoms with E-state index >= 15 is 0 Å². The van der Waals surface area contributed by atoms with Crippen molar-refractivity contribution in [3.63, 3.8) is 0 Å². The monoisotopic (exact) mass is 323 g/mol. The SMILES string of the molecule is Cc1ccc(OCCn2c(CNC=O)nc3ccccc32)c(C)c1. The molecular weight excluding hydrogens is 302 g/mol. The molecular formula is C19H21N3O2. The molecule has 2 aromatic carbocycles. The third-order valence-electron chi connectivity index (χ3n) is 3.98. The molecule has 5 heteroatoms. The van der Waals surface area contributed by atoms with Crippen molar-refractivity contribution in [3.05, 3.63) is 59.4 Å². The Kier molecular flexibility index (Phi) is 4.79. The molecule has 0 aliphatic carbocycles. The highest BCUT2D eigenvalue weighted by Crippen LogP contribution is 2.20. The standard InChI is InChI=1S/C19H21N3O2/c1-14-7-8-18(15(2)11-14)24-10-9-22-17-6-4-3-5-16(17)21-19(22)12-20-13-23/h3-8,11,13H,9-10,12H2,1-2H3,(H,20,23). The second kappa shape index (κ2) is 7.17. The largest absolute Gasteiger partial charge is 0.491 e.